The highest BCUT2D eigenvalue weighted by Crippen LogP contribution is 2.08. The van der Waals surface area contributed by atoms with Crippen LogP contribution in [0.25, 0.3) is 0 Å². The molecule has 0 aliphatic carbocycles. The van der Waals surface area contributed by atoms with Gasteiger partial charge in [-0.25, -0.2) is 9.89 Å². The average molecular weight is 281 g/mol. The Balaban J connectivity index is 3.10. The first-order chi connectivity index (χ1) is 9.29. The number of hydrogen-bond acceptors (Lipinski definition) is 5. The van der Waals surface area contributed by atoms with Gasteiger partial charge in [-0.05, 0) is 25.3 Å². The zero-order valence-corrected chi connectivity index (χ0v) is 12.2. The molecule has 7 nitrogen and oxygen atoms in total. The van der Waals surface area contributed by atoms with Crippen molar-refractivity contribution in [2.24, 2.45) is 5.92 Å². The number of amides is 1. The number of aromatic amines is 1. The third-order valence-corrected chi connectivity index (χ3v) is 3.11. The third-order valence-electron chi connectivity index (χ3n) is 3.11. The fourth-order valence-electron chi connectivity index (χ4n) is 1.74. The molecule has 0 fully saturated rings. The van der Waals surface area contributed by atoms with Crippen molar-refractivity contribution >= 4 is 11.9 Å². The van der Waals surface area contributed by atoms with E-state index in [1.165, 1.54) is 7.11 Å². The van der Waals surface area contributed by atoms with E-state index in [4.69, 9.17) is 0 Å². The first-order valence-electron chi connectivity index (χ1n) is 6.24. The van der Waals surface area contributed by atoms with Crippen LogP contribution in [0.3, 0.4) is 0 Å². The van der Waals surface area contributed by atoms with Crippen molar-refractivity contribution in [2.75, 3.05) is 7.11 Å². The first kappa shape index (κ1) is 15.9. The number of hydrogen-bond donors (Lipinski definition) is 2. The minimum Gasteiger partial charge on any atom is -0.467 e. The Morgan fingerprint density at radius 2 is 1.90 bits per heavy atom. The molecule has 0 bridgehead atoms. The molecule has 0 radical (unpaired) electrons. The van der Waals surface area contributed by atoms with Gasteiger partial charge in [0.15, 0.2) is 0 Å². The lowest BCUT2D eigenvalue weighted by atomic mass is 10.0. The lowest BCUT2D eigenvalue weighted by molar-refractivity contribution is -0.144. The Bertz CT molecular complexity index is 577. The number of H-pyrrole nitrogens is 1. The number of aromatic nitrogens is 2. The minimum absolute atomic E-state index is 0.0351. The molecular formula is C13H19N3O4. The van der Waals surface area contributed by atoms with Crippen LogP contribution in [-0.4, -0.2) is 35.2 Å². The molecule has 20 heavy (non-hydrogen) atoms. The summed E-state index contributed by atoms with van der Waals surface area (Å²) in [6, 6.07) is -0.806. The van der Waals surface area contributed by atoms with Crippen LogP contribution in [0.2, 0.25) is 0 Å². The van der Waals surface area contributed by atoms with E-state index < -0.39 is 23.5 Å². The van der Waals surface area contributed by atoms with Crippen molar-refractivity contribution < 1.29 is 14.3 Å². The molecule has 0 aromatic carbocycles. The number of methoxy groups -OCH3 is 1. The Morgan fingerprint density at radius 3 is 2.40 bits per heavy atom. The lowest BCUT2D eigenvalue weighted by Crippen LogP contribution is -2.46. The van der Waals surface area contributed by atoms with Gasteiger partial charge in [0, 0.05) is 0 Å². The van der Waals surface area contributed by atoms with Crippen molar-refractivity contribution in [3.8, 4) is 0 Å². The van der Waals surface area contributed by atoms with Crippen LogP contribution in [0.1, 0.15) is 35.5 Å². The van der Waals surface area contributed by atoms with Crippen LogP contribution in [0.15, 0.2) is 4.79 Å². The second-order valence-electron chi connectivity index (χ2n) is 4.86. The van der Waals surface area contributed by atoms with Crippen LogP contribution in [0, 0.1) is 19.8 Å². The second-order valence-corrected chi connectivity index (χ2v) is 4.86. The Hall–Kier alpha value is -2.18. The van der Waals surface area contributed by atoms with E-state index in [0.717, 1.165) is 0 Å². The van der Waals surface area contributed by atoms with Crippen molar-refractivity contribution in [1.82, 2.24) is 15.5 Å². The Labute approximate surface area is 116 Å². The highest BCUT2D eigenvalue weighted by Gasteiger charge is 2.27. The van der Waals surface area contributed by atoms with E-state index in [-0.39, 0.29) is 11.5 Å². The summed E-state index contributed by atoms with van der Waals surface area (Å²) in [4.78, 5) is 35.6. The monoisotopic (exact) mass is 281 g/mol. The van der Waals surface area contributed by atoms with Gasteiger partial charge in [-0.2, -0.15) is 5.10 Å². The molecule has 0 spiro atoms. The molecule has 0 aliphatic rings. The standard InChI is InChI=1S/C13H19N3O4/c1-6(2)10(13(19)20-5)14-11(17)9-7(3)8(4)15-16-12(9)18/h6,10H,1-5H3,(H,14,17)(H,16,18). The summed E-state index contributed by atoms with van der Waals surface area (Å²) in [5, 5.41) is 8.56. The summed E-state index contributed by atoms with van der Waals surface area (Å²) in [5.41, 5.74) is 0.414. The minimum atomic E-state index is -0.806. The first-order valence-corrected chi connectivity index (χ1v) is 6.24. The number of carbonyl (C=O) groups is 2. The molecule has 2 N–H and O–H groups in total. The van der Waals surface area contributed by atoms with Crippen LogP contribution >= 0.6 is 0 Å². The van der Waals surface area contributed by atoms with Crippen molar-refractivity contribution in [2.45, 2.75) is 33.7 Å². The second kappa shape index (κ2) is 6.31. The summed E-state index contributed by atoms with van der Waals surface area (Å²) in [6.07, 6.45) is 0. The van der Waals surface area contributed by atoms with Gasteiger partial charge >= 0.3 is 5.97 Å². The van der Waals surface area contributed by atoms with E-state index in [1.807, 2.05) is 0 Å². The molecule has 7 heteroatoms. The SMILES string of the molecule is COC(=O)C(NC(=O)c1c(C)c(C)n[nH]c1=O)C(C)C. The summed E-state index contributed by atoms with van der Waals surface area (Å²) in [5.74, 6) is -1.32. The van der Waals surface area contributed by atoms with E-state index in [0.29, 0.717) is 11.3 Å². The van der Waals surface area contributed by atoms with E-state index in [1.54, 1.807) is 27.7 Å². The number of aryl methyl sites for hydroxylation is 1. The highest BCUT2D eigenvalue weighted by molar-refractivity contribution is 5.97. The van der Waals surface area contributed by atoms with Gasteiger partial charge in [-0.15, -0.1) is 0 Å². The van der Waals surface area contributed by atoms with Gasteiger partial charge in [-0.1, -0.05) is 13.8 Å². The van der Waals surface area contributed by atoms with Gasteiger partial charge in [0.25, 0.3) is 11.5 Å². The van der Waals surface area contributed by atoms with Crippen LogP contribution < -0.4 is 10.9 Å². The van der Waals surface area contributed by atoms with Gasteiger partial charge in [0.2, 0.25) is 0 Å². The molecule has 110 valence electrons. The molecule has 0 saturated heterocycles. The van der Waals surface area contributed by atoms with Crippen molar-refractivity contribution in [1.29, 1.82) is 0 Å². The quantitative estimate of drug-likeness (QED) is 0.774. The largest absolute Gasteiger partial charge is 0.467 e. The zero-order valence-electron chi connectivity index (χ0n) is 12.2. The predicted octanol–water partition coefficient (Wildman–Crippen LogP) is 0.314. The third kappa shape index (κ3) is 3.23. The molecule has 1 aromatic heterocycles. The van der Waals surface area contributed by atoms with Gasteiger partial charge in [-0.3, -0.25) is 9.59 Å². The number of nitrogens with one attached hydrogen (secondary N) is 2. The van der Waals surface area contributed by atoms with Gasteiger partial charge in [0.05, 0.1) is 12.8 Å². The maximum absolute atomic E-state index is 12.2. The fraction of sp³-hybridized carbons (Fsp3) is 0.538. The van der Waals surface area contributed by atoms with Crippen molar-refractivity contribution in [3.63, 3.8) is 0 Å². The molecule has 1 amide bonds. The topological polar surface area (TPSA) is 101 Å². The fourth-order valence-corrected chi connectivity index (χ4v) is 1.74. The number of ether oxygens (including phenoxy) is 1. The van der Waals surface area contributed by atoms with Gasteiger partial charge in [0.1, 0.15) is 11.6 Å². The lowest BCUT2D eigenvalue weighted by Gasteiger charge is -2.20. The maximum atomic E-state index is 12.2. The smallest absolute Gasteiger partial charge is 0.328 e. The van der Waals surface area contributed by atoms with E-state index in [9.17, 15) is 14.4 Å². The van der Waals surface area contributed by atoms with E-state index >= 15 is 0 Å². The maximum Gasteiger partial charge on any atom is 0.328 e. The molecule has 1 heterocycles. The zero-order chi connectivity index (χ0) is 15.4. The molecule has 1 atom stereocenters. The summed E-state index contributed by atoms with van der Waals surface area (Å²) in [7, 11) is 1.25. The molecule has 1 aromatic rings. The van der Waals surface area contributed by atoms with E-state index in [2.05, 4.69) is 20.3 Å². The predicted molar refractivity (Wildman–Crippen MR) is 72.4 cm³/mol. The average Bonchev–Trinajstić information content (AvgIpc) is 2.39. The number of esters is 1. The molecule has 0 saturated carbocycles. The number of nitrogens with zero attached hydrogens (tertiary/aromatic N) is 1. The Morgan fingerprint density at radius 1 is 1.30 bits per heavy atom. The number of rotatable bonds is 4. The molecule has 0 aliphatic heterocycles. The van der Waals surface area contributed by atoms with Gasteiger partial charge < -0.3 is 10.1 Å². The molecular weight excluding hydrogens is 262 g/mol. The Kier molecular flexibility index (Phi) is 5.01. The van der Waals surface area contributed by atoms with Crippen molar-refractivity contribution in [3.05, 3.63) is 27.2 Å². The van der Waals surface area contributed by atoms with Crippen LogP contribution in [0.5, 0.6) is 0 Å². The highest BCUT2D eigenvalue weighted by atomic mass is 16.5. The number of carbonyl (C=O) groups excluding carboxylic acids is 2. The van der Waals surface area contributed by atoms with Crippen LogP contribution in [-0.2, 0) is 9.53 Å². The summed E-state index contributed by atoms with van der Waals surface area (Å²) in [6.45, 7) is 6.87. The summed E-state index contributed by atoms with van der Waals surface area (Å²) < 4.78 is 4.64. The molecule has 1 rings (SSSR count). The summed E-state index contributed by atoms with van der Waals surface area (Å²) >= 11 is 0. The van der Waals surface area contributed by atoms with Crippen LogP contribution in [0.4, 0.5) is 0 Å². The normalized spacial score (nSPS) is 12.1. The molecule has 1 unspecified atom stereocenters.